The SMILES string of the molecule is O=C(O)[C@@H](Cc1cccc(CNCc2cccc(C[C@H](C(=O)O)[C@H]3CCNC3)c2)c1)[C@H]1CCNC1. The van der Waals surface area contributed by atoms with Crippen molar-refractivity contribution >= 4 is 11.9 Å². The van der Waals surface area contributed by atoms with Crippen LogP contribution in [0.25, 0.3) is 0 Å². The Morgan fingerprint density at radius 2 is 1.20 bits per heavy atom. The normalized spacial score (nSPS) is 21.6. The summed E-state index contributed by atoms with van der Waals surface area (Å²) < 4.78 is 0. The average molecular weight is 480 g/mol. The molecule has 2 heterocycles. The first-order valence-electron chi connectivity index (χ1n) is 12.7. The average Bonchev–Trinajstić information content (AvgIpc) is 3.56. The molecule has 7 nitrogen and oxygen atoms in total. The molecule has 0 aromatic heterocycles. The zero-order valence-corrected chi connectivity index (χ0v) is 20.2. The van der Waals surface area contributed by atoms with Crippen LogP contribution in [-0.2, 0) is 35.5 Å². The molecule has 4 atom stereocenters. The van der Waals surface area contributed by atoms with E-state index in [1.54, 1.807) is 0 Å². The highest BCUT2D eigenvalue weighted by atomic mass is 16.4. The van der Waals surface area contributed by atoms with Crippen LogP contribution in [-0.4, -0.2) is 48.3 Å². The van der Waals surface area contributed by atoms with Gasteiger partial charge in [-0.1, -0.05) is 48.5 Å². The standard InChI is InChI=1S/C28H37N3O4/c32-27(33)25(23-7-9-29-17-23)13-19-3-1-5-21(11-19)15-31-16-22-6-2-4-20(12-22)14-26(28(34)35)24-8-10-30-18-24/h1-6,11-12,23-26,29-31H,7-10,13-18H2,(H,32,33)(H,34,35)/t23-,24-,25-,26-/m0/s1. The topological polar surface area (TPSA) is 111 Å². The van der Waals surface area contributed by atoms with Crippen LogP contribution in [0.3, 0.4) is 0 Å². The maximum absolute atomic E-state index is 11.8. The first kappa shape index (κ1) is 25.4. The van der Waals surface area contributed by atoms with Gasteiger partial charge in [-0.15, -0.1) is 0 Å². The summed E-state index contributed by atoms with van der Waals surface area (Å²) in [5.74, 6) is -1.76. The zero-order chi connectivity index (χ0) is 24.6. The molecular weight excluding hydrogens is 442 g/mol. The van der Waals surface area contributed by atoms with Crippen molar-refractivity contribution in [3.8, 4) is 0 Å². The number of hydrogen-bond donors (Lipinski definition) is 5. The fraction of sp³-hybridized carbons (Fsp3) is 0.500. The third-order valence-corrected chi connectivity index (χ3v) is 7.52. The van der Waals surface area contributed by atoms with E-state index >= 15 is 0 Å². The number of carboxylic acids is 2. The lowest BCUT2D eigenvalue weighted by molar-refractivity contribution is -0.144. The monoisotopic (exact) mass is 479 g/mol. The highest BCUT2D eigenvalue weighted by Gasteiger charge is 2.31. The van der Waals surface area contributed by atoms with Gasteiger partial charge < -0.3 is 26.2 Å². The molecule has 0 amide bonds. The molecule has 0 unspecified atom stereocenters. The minimum Gasteiger partial charge on any atom is -0.481 e. The van der Waals surface area contributed by atoms with Gasteiger partial charge in [0.05, 0.1) is 11.8 Å². The van der Waals surface area contributed by atoms with Crippen molar-refractivity contribution in [3.05, 3.63) is 70.8 Å². The first-order valence-corrected chi connectivity index (χ1v) is 12.7. The molecule has 2 aromatic carbocycles. The largest absolute Gasteiger partial charge is 0.481 e. The number of hydrogen-bond acceptors (Lipinski definition) is 5. The molecule has 35 heavy (non-hydrogen) atoms. The summed E-state index contributed by atoms with van der Waals surface area (Å²) in [7, 11) is 0. The highest BCUT2D eigenvalue weighted by molar-refractivity contribution is 5.71. The molecular formula is C28H37N3O4. The second-order valence-corrected chi connectivity index (χ2v) is 10.0. The highest BCUT2D eigenvalue weighted by Crippen LogP contribution is 2.25. The number of carboxylic acid groups (broad SMARTS) is 2. The Bertz CT molecular complexity index is 920. The van der Waals surface area contributed by atoms with Gasteiger partial charge in [0.1, 0.15) is 0 Å². The molecule has 0 saturated carbocycles. The summed E-state index contributed by atoms with van der Waals surface area (Å²) in [4.78, 5) is 23.7. The van der Waals surface area contributed by atoms with Crippen molar-refractivity contribution in [3.63, 3.8) is 0 Å². The second kappa shape index (κ2) is 12.3. The molecule has 0 aliphatic carbocycles. The van der Waals surface area contributed by atoms with Crippen molar-refractivity contribution < 1.29 is 19.8 Å². The van der Waals surface area contributed by atoms with Gasteiger partial charge in [-0.05, 0) is 86.0 Å². The Kier molecular flexibility index (Phi) is 8.90. The van der Waals surface area contributed by atoms with E-state index in [1.807, 2.05) is 24.3 Å². The molecule has 7 heteroatoms. The van der Waals surface area contributed by atoms with E-state index in [4.69, 9.17) is 0 Å². The van der Waals surface area contributed by atoms with E-state index < -0.39 is 11.9 Å². The molecule has 2 aliphatic rings. The minimum atomic E-state index is -0.712. The van der Waals surface area contributed by atoms with Crippen molar-refractivity contribution in [2.45, 2.75) is 38.8 Å². The van der Waals surface area contributed by atoms with Gasteiger partial charge in [0.2, 0.25) is 0 Å². The molecule has 2 aliphatic heterocycles. The fourth-order valence-electron chi connectivity index (χ4n) is 5.54. The van der Waals surface area contributed by atoms with Gasteiger partial charge in [0.15, 0.2) is 0 Å². The van der Waals surface area contributed by atoms with Crippen LogP contribution in [0.2, 0.25) is 0 Å². The van der Waals surface area contributed by atoms with Gasteiger partial charge in [-0.2, -0.15) is 0 Å². The van der Waals surface area contributed by atoms with Gasteiger partial charge in [-0.3, -0.25) is 9.59 Å². The minimum absolute atomic E-state index is 0.187. The van der Waals surface area contributed by atoms with Crippen LogP contribution in [0.15, 0.2) is 48.5 Å². The van der Waals surface area contributed by atoms with E-state index in [0.717, 1.165) is 61.3 Å². The molecule has 2 saturated heterocycles. The zero-order valence-electron chi connectivity index (χ0n) is 20.2. The third kappa shape index (κ3) is 7.13. The second-order valence-electron chi connectivity index (χ2n) is 10.0. The Labute approximate surface area is 207 Å². The predicted molar refractivity (Wildman–Crippen MR) is 135 cm³/mol. The van der Waals surface area contributed by atoms with Crippen molar-refractivity contribution in [2.24, 2.45) is 23.7 Å². The quantitative estimate of drug-likeness (QED) is 0.318. The summed E-state index contributed by atoms with van der Waals surface area (Å²) >= 11 is 0. The van der Waals surface area contributed by atoms with Crippen molar-refractivity contribution in [2.75, 3.05) is 26.2 Å². The lowest BCUT2D eigenvalue weighted by atomic mass is 9.86. The van der Waals surface area contributed by atoms with Crippen LogP contribution in [0.1, 0.15) is 35.1 Å². The van der Waals surface area contributed by atoms with Crippen LogP contribution >= 0.6 is 0 Å². The van der Waals surface area contributed by atoms with Crippen LogP contribution in [0.4, 0.5) is 0 Å². The molecule has 2 fully saturated rings. The molecule has 0 radical (unpaired) electrons. The molecule has 2 aromatic rings. The predicted octanol–water partition coefficient (Wildman–Crippen LogP) is 2.68. The summed E-state index contributed by atoms with van der Waals surface area (Å²) in [6.07, 6.45) is 2.95. The number of nitrogens with one attached hydrogen (secondary N) is 3. The fourth-order valence-corrected chi connectivity index (χ4v) is 5.54. The van der Waals surface area contributed by atoms with Crippen LogP contribution < -0.4 is 16.0 Å². The van der Waals surface area contributed by atoms with Crippen molar-refractivity contribution in [1.82, 2.24) is 16.0 Å². The Hall–Kier alpha value is -2.74. The van der Waals surface area contributed by atoms with Gasteiger partial charge in [-0.25, -0.2) is 0 Å². The maximum atomic E-state index is 11.8. The van der Waals surface area contributed by atoms with Gasteiger partial charge in [0.25, 0.3) is 0 Å². The van der Waals surface area contributed by atoms with E-state index in [1.165, 1.54) is 0 Å². The van der Waals surface area contributed by atoms with Crippen LogP contribution in [0.5, 0.6) is 0 Å². The lowest BCUT2D eigenvalue weighted by Crippen LogP contribution is -2.27. The van der Waals surface area contributed by atoms with E-state index in [0.29, 0.717) is 25.9 Å². The number of rotatable bonds is 12. The molecule has 4 rings (SSSR count). The Balaban J connectivity index is 1.31. The smallest absolute Gasteiger partial charge is 0.307 e. The number of benzene rings is 2. The lowest BCUT2D eigenvalue weighted by Gasteiger charge is -2.19. The summed E-state index contributed by atoms with van der Waals surface area (Å²) in [5, 5.41) is 29.5. The summed E-state index contributed by atoms with van der Waals surface area (Å²) in [6, 6.07) is 16.4. The number of aliphatic carboxylic acids is 2. The van der Waals surface area contributed by atoms with Crippen molar-refractivity contribution in [1.29, 1.82) is 0 Å². The third-order valence-electron chi connectivity index (χ3n) is 7.52. The molecule has 5 N–H and O–H groups in total. The van der Waals surface area contributed by atoms with Gasteiger partial charge >= 0.3 is 11.9 Å². The van der Waals surface area contributed by atoms with Gasteiger partial charge in [0, 0.05) is 13.1 Å². The molecule has 0 bridgehead atoms. The summed E-state index contributed by atoms with van der Waals surface area (Å²) in [5.41, 5.74) is 4.39. The Morgan fingerprint density at radius 1 is 0.771 bits per heavy atom. The molecule has 0 spiro atoms. The summed E-state index contributed by atoms with van der Waals surface area (Å²) in [6.45, 7) is 4.73. The van der Waals surface area contributed by atoms with E-state index in [9.17, 15) is 19.8 Å². The van der Waals surface area contributed by atoms with E-state index in [-0.39, 0.29) is 23.7 Å². The van der Waals surface area contributed by atoms with Crippen LogP contribution in [0, 0.1) is 23.7 Å². The first-order chi connectivity index (χ1) is 17.0. The number of carbonyl (C=O) groups is 2. The van der Waals surface area contributed by atoms with E-state index in [2.05, 4.69) is 40.2 Å². The Morgan fingerprint density at radius 3 is 1.57 bits per heavy atom. The molecule has 188 valence electrons. The maximum Gasteiger partial charge on any atom is 0.307 e.